The van der Waals surface area contributed by atoms with Crippen molar-refractivity contribution in [3.63, 3.8) is 0 Å². The van der Waals surface area contributed by atoms with Gasteiger partial charge in [-0.3, -0.25) is 0 Å². The number of amides is 1. The van der Waals surface area contributed by atoms with Gasteiger partial charge in [0.1, 0.15) is 5.60 Å². The van der Waals surface area contributed by atoms with Crippen LogP contribution in [0, 0.1) is 23.2 Å². The van der Waals surface area contributed by atoms with Gasteiger partial charge in [-0.25, -0.2) is 9.78 Å². The third kappa shape index (κ3) is 3.58. The van der Waals surface area contributed by atoms with E-state index >= 15 is 0 Å². The molecular formula is C22H28N4O2. The number of carbonyl (C=O) groups is 1. The molecule has 0 radical (unpaired) electrons. The van der Waals surface area contributed by atoms with Crippen molar-refractivity contribution in [3.05, 3.63) is 30.1 Å². The number of ether oxygens (including phenoxy) is 1. The maximum atomic E-state index is 12.4. The molecule has 4 rings (SSSR count). The fourth-order valence-electron chi connectivity index (χ4n) is 4.72. The molecule has 3 atom stereocenters. The van der Waals surface area contributed by atoms with E-state index in [-0.39, 0.29) is 11.7 Å². The normalized spacial score (nSPS) is 25.8. The van der Waals surface area contributed by atoms with E-state index in [9.17, 15) is 10.1 Å². The van der Waals surface area contributed by atoms with E-state index in [2.05, 4.69) is 29.5 Å². The molecule has 148 valence electrons. The highest BCUT2D eigenvalue weighted by Gasteiger charge is 2.48. The highest BCUT2D eigenvalue weighted by atomic mass is 16.6. The molecule has 1 aromatic heterocycles. The van der Waals surface area contributed by atoms with Gasteiger partial charge < -0.3 is 14.2 Å². The maximum Gasteiger partial charge on any atom is 0.410 e. The first-order valence-corrected chi connectivity index (χ1v) is 10.3. The van der Waals surface area contributed by atoms with Crippen molar-refractivity contribution in [1.82, 2.24) is 14.5 Å². The summed E-state index contributed by atoms with van der Waals surface area (Å²) in [5.74, 6) is 0.932. The van der Waals surface area contributed by atoms with E-state index in [4.69, 9.17) is 4.74 Å². The number of carbonyl (C=O) groups excluding carboxylic acids is 1. The molecule has 1 amide bonds. The molecule has 3 unspecified atom stereocenters. The fourth-order valence-corrected chi connectivity index (χ4v) is 4.72. The summed E-state index contributed by atoms with van der Waals surface area (Å²) in [6.45, 7) is 6.68. The lowest BCUT2D eigenvalue weighted by Crippen LogP contribution is -2.41. The van der Waals surface area contributed by atoms with E-state index in [1.54, 1.807) is 6.07 Å². The first kappa shape index (κ1) is 18.8. The molecule has 2 fully saturated rings. The summed E-state index contributed by atoms with van der Waals surface area (Å²) in [5.41, 5.74) is 2.23. The summed E-state index contributed by atoms with van der Waals surface area (Å²) in [7, 11) is 0. The summed E-state index contributed by atoms with van der Waals surface area (Å²) in [6.07, 6.45) is 6.84. The standard InChI is InChI=1S/C22H28N4O2/c1-3-16(2)12-25-14-22(28-21(25)27)8-4-5-18(10-22)13-26-15-24-19-7-6-17(11-23)9-20(19)26/h6-7,9,15-16,18H,3-5,8,10,12-14H2,1-2H3. The Kier molecular flexibility index (Phi) is 5.01. The minimum atomic E-state index is -0.332. The average molecular weight is 380 g/mol. The van der Waals surface area contributed by atoms with Crippen LogP contribution in [0.5, 0.6) is 0 Å². The van der Waals surface area contributed by atoms with E-state index in [1.165, 1.54) is 0 Å². The van der Waals surface area contributed by atoms with Crippen LogP contribution in [-0.2, 0) is 11.3 Å². The Morgan fingerprint density at radius 3 is 3.11 bits per heavy atom. The maximum absolute atomic E-state index is 12.4. The largest absolute Gasteiger partial charge is 0.441 e. The molecule has 1 spiro atoms. The van der Waals surface area contributed by atoms with Crippen molar-refractivity contribution in [1.29, 1.82) is 5.26 Å². The smallest absolute Gasteiger partial charge is 0.410 e. The van der Waals surface area contributed by atoms with E-state index in [1.807, 2.05) is 23.4 Å². The number of hydrogen-bond donors (Lipinski definition) is 0. The summed E-state index contributed by atoms with van der Waals surface area (Å²) in [6, 6.07) is 7.82. The zero-order valence-electron chi connectivity index (χ0n) is 16.7. The van der Waals surface area contributed by atoms with Gasteiger partial charge in [0.15, 0.2) is 0 Å². The summed E-state index contributed by atoms with van der Waals surface area (Å²) >= 11 is 0. The highest BCUT2D eigenvalue weighted by Crippen LogP contribution is 2.41. The molecule has 1 aliphatic heterocycles. The van der Waals surface area contributed by atoms with Gasteiger partial charge in [0, 0.05) is 13.1 Å². The number of nitrogens with zero attached hydrogens (tertiary/aromatic N) is 4. The molecule has 1 saturated heterocycles. The lowest BCUT2D eigenvalue weighted by Gasteiger charge is -2.36. The van der Waals surface area contributed by atoms with E-state index < -0.39 is 0 Å². The second-order valence-electron chi connectivity index (χ2n) is 8.62. The zero-order chi connectivity index (χ0) is 19.7. The number of aromatic nitrogens is 2. The molecule has 2 aliphatic rings. The molecule has 0 bridgehead atoms. The van der Waals surface area contributed by atoms with Crippen molar-refractivity contribution in [2.45, 2.75) is 58.1 Å². The van der Waals surface area contributed by atoms with E-state index in [0.717, 1.165) is 62.8 Å². The van der Waals surface area contributed by atoms with Gasteiger partial charge in [-0.1, -0.05) is 20.3 Å². The molecule has 1 saturated carbocycles. The molecule has 0 N–H and O–H groups in total. The summed E-state index contributed by atoms with van der Waals surface area (Å²) < 4.78 is 8.09. The van der Waals surface area contributed by atoms with Gasteiger partial charge in [-0.2, -0.15) is 5.26 Å². The number of benzene rings is 1. The van der Waals surface area contributed by atoms with Crippen LogP contribution in [-0.4, -0.2) is 39.2 Å². The predicted octanol–water partition coefficient (Wildman–Crippen LogP) is 4.34. The Hall–Kier alpha value is -2.55. The Labute approximate surface area is 166 Å². The lowest BCUT2D eigenvalue weighted by molar-refractivity contribution is 0.00414. The molecule has 2 aromatic rings. The molecule has 6 heteroatoms. The van der Waals surface area contributed by atoms with Gasteiger partial charge >= 0.3 is 6.09 Å². The van der Waals surface area contributed by atoms with Crippen LogP contribution in [0.4, 0.5) is 4.79 Å². The molecule has 2 heterocycles. The van der Waals surface area contributed by atoms with Crippen molar-refractivity contribution in [3.8, 4) is 6.07 Å². The van der Waals surface area contributed by atoms with Crippen LogP contribution in [0.1, 0.15) is 51.5 Å². The molecule has 6 nitrogen and oxygen atoms in total. The SMILES string of the molecule is CCC(C)CN1CC2(CCCC(Cn3cnc4ccc(C#N)cc43)C2)OC1=O. The number of imidazole rings is 1. The quantitative estimate of drug-likeness (QED) is 0.774. The van der Waals surface area contributed by atoms with Gasteiger partial charge in [0.2, 0.25) is 0 Å². The second kappa shape index (κ2) is 7.46. The van der Waals surface area contributed by atoms with Crippen LogP contribution in [0.25, 0.3) is 11.0 Å². The monoisotopic (exact) mass is 380 g/mol. The van der Waals surface area contributed by atoms with Crippen LogP contribution in [0.15, 0.2) is 24.5 Å². The molecule has 1 aromatic carbocycles. The summed E-state index contributed by atoms with van der Waals surface area (Å²) in [5, 5.41) is 9.18. The van der Waals surface area contributed by atoms with Gasteiger partial charge in [-0.05, 0) is 55.7 Å². The van der Waals surface area contributed by atoms with Crippen molar-refractivity contribution < 1.29 is 9.53 Å². The van der Waals surface area contributed by atoms with Crippen LogP contribution in [0.2, 0.25) is 0 Å². The van der Waals surface area contributed by atoms with Crippen molar-refractivity contribution in [2.75, 3.05) is 13.1 Å². The van der Waals surface area contributed by atoms with Crippen molar-refractivity contribution >= 4 is 17.1 Å². The molecule has 1 aliphatic carbocycles. The zero-order valence-corrected chi connectivity index (χ0v) is 16.7. The van der Waals surface area contributed by atoms with E-state index in [0.29, 0.717) is 17.4 Å². The predicted molar refractivity (Wildman–Crippen MR) is 107 cm³/mol. The fraction of sp³-hybridized carbons (Fsp3) is 0.591. The minimum Gasteiger partial charge on any atom is -0.441 e. The number of rotatable bonds is 5. The number of fused-ring (bicyclic) bond motifs is 1. The third-order valence-corrected chi connectivity index (χ3v) is 6.38. The molecular weight excluding hydrogens is 352 g/mol. The second-order valence-corrected chi connectivity index (χ2v) is 8.62. The number of nitriles is 1. The Balaban J connectivity index is 1.48. The van der Waals surface area contributed by atoms with Crippen molar-refractivity contribution in [2.24, 2.45) is 11.8 Å². The average Bonchev–Trinajstić information content (AvgIpc) is 3.22. The minimum absolute atomic E-state index is 0.146. The Morgan fingerprint density at radius 2 is 2.32 bits per heavy atom. The first-order valence-electron chi connectivity index (χ1n) is 10.3. The Morgan fingerprint density at radius 1 is 1.46 bits per heavy atom. The van der Waals surface area contributed by atoms with Gasteiger partial charge in [0.25, 0.3) is 0 Å². The Bertz CT molecular complexity index is 915. The van der Waals surface area contributed by atoms with Crippen LogP contribution in [0.3, 0.4) is 0 Å². The summed E-state index contributed by atoms with van der Waals surface area (Å²) in [4.78, 5) is 18.8. The first-order chi connectivity index (χ1) is 13.5. The van der Waals surface area contributed by atoms with Crippen LogP contribution >= 0.6 is 0 Å². The van der Waals surface area contributed by atoms with Crippen LogP contribution < -0.4 is 0 Å². The van der Waals surface area contributed by atoms with Gasteiger partial charge in [-0.15, -0.1) is 0 Å². The lowest BCUT2D eigenvalue weighted by atomic mass is 9.78. The highest BCUT2D eigenvalue weighted by molar-refractivity contribution is 5.77. The molecule has 28 heavy (non-hydrogen) atoms. The van der Waals surface area contributed by atoms with Gasteiger partial charge in [0.05, 0.1) is 35.5 Å². The third-order valence-electron chi connectivity index (χ3n) is 6.38. The topological polar surface area (TPSA) is 71.2 Å². The number of hydrogen-bond acceptors (Lipinski definition) is 4.